The number of hydrogen-bond acceptors (Lipinski definition) is 10. The van der Waals surface area contributed by atoms with Crippen LogP contribution in [0.4, 0.5) is 22.0 Å². The van der Waals surface area contributed by atoms with Gasteiger partial charge >= 0.3 is 0 Å². The monoisotopic (exact) mass is 485 g/mol. The lowest BCUT2D eigenvalue weighted by atomic mass is 9.93. The first-order chi connectivity index (χ1) is 16.8. The number of alkyl halides is 1. The first-order valence-electron chi connectivity index (χ1n) is 11.9. The minimum atomic E-state index is -0.964. The van der Waals surface area contributed by atoms with E-state index >= 15 is 0 Å². The Hall–Kier alpha value is -3.09. The highest BCUT2D eigenvalue weighted by molar-refractivity contribution is 5.88. The van der Waals surface area contributed by atoms with E-state index in [1.165, 1.54) is 0 Å². The number of carbonyl (C=O) groups excluding carboxylic acids is 1. The van der Waals surface area contributed by atoms with Crippen molar-refractivity contribution in [1.82, 2.24) is 31.1 Å². The molecule has 3 fully saturated rings. The highest BCUT2D eigenvalue weighted by Crippen LogP contribution is 2.29. The highest BCUT2D eigenvalue weighted by Gasteiger charge is 2.51. The Morgan fingerprint density at radius 1 is 1.26 bits per heavy atom. The molecule has 0 saturated carbocycles. The van der Waals surface area contributed by atoms with Gasteiger partial charge in [0, 0.05) is 37.7 Å². The lowest BCUT2D eigenvalue weighted by Crippen LogP contribution is -2.70. The van der Waals surface area contributed by atoms with Crippen LogP contribution in [0.2, 0.25) is 0 Å². The number of aryl methyl sites for hydroxylation is 1. The minimum absolute atomic E-state index is 0.0856. The molecular weight excluding hydrogens is 453 g/mol. The summed E-state index contributed by atoms with van der Waals surface area (Å²) in [6, 6.07) is 6.03. The van der Waals surface area contributed by atoms with Gasteiger partial charge in [0.15, 0.2) is 5.60 Å². The van der Waals surface area contributed by atoms with E-state index in [9.17, 15) is 9.18 Å². The van der Waals surface area contributed by atoms with E-state index in [-0.39, 0.29) is 12.1 Å². The fourth-order valence-corrected chi connectivity index (χ4v) is 4.50. The Labute approximate surface area is 203 Å². The minimum Gasteiger partial charge on any atom is -0.365 e. The van der Waals surface area contributed by atoms with Crippen LogP contribution in [0.1, 0.15) is 24.6 Å². The smallest absolute Gasteiger partial charge is 0.256 e. The number of methoxy groups -OCH3 is 1. The Kier molecular flexibility index (Phi) is 6.43. The van der Waals surface area contributed by atoms with Crippen molar-refractivity contribution >= 4 is 23.5 Å². The molecule has 12 heteroatoms. The van der Waals surface area contributed by atoms with Gasteiger partial charge in [-0.1, -0.05) is 6.07 Å². The van der Waals surface area contributed by atoms with Crippen LogP contribution < -0.4 is 31.3 Å². The molecule has 3 aliphatic heterocycles. The maximum Gasteiger partial charge on any atom is 0.256 e. The predicted octanol–water partition coefficient (Wildman–Crippen LogP) is 0.484. The van der Waals surface area contributed by atoms with Crippen molar-refractivity contribution < 1.29 is 13.9 Å². The summed E-state index contributed by atoms with van der Waals surface area (Å²) in [4.78, 5) is 30.4. The molecule has 1 amide bonds. The SMILES string of the molecule is COC1(C(=O)NCc2ccc(N3CC(F)C3)nc2)CN(c2nc(C)cc(NC3CC(C)NN3)n2)C1. The second-order valence-corrected chi connectivity index (χ2v) is 9.58. The summed E-state index contributed by atoms with van der Waals surface area (Å²) in [7, 11) is 1.54. The number of hydrogen-bond donors (Lipinski definition) is 4. The number of pyridine rings is 1. The summed E-state index contributed by atoms with van der Waals surface area (Å²) in [6.07, 6.45) is 1.95. The van der Waals surface area contributed by atoms with Gasteiger partial charge in [0.25, 0.3) is 5.91 Å². The standard InChI is InChI=1S/C23H32FN9O2/c1-14-6-18(28-19-7-15(2)30-31-19)29-22(27-14)33-12-23(13-33,35-3)21(34)26-9-16-4-5-20(25-8-16)32-10-17(24)11-32/h4-6,8,15,17,19,30-31H,7,9-13H2,1-3H3,(H,26,34)(H,27,28,29). The maximum atomic E-state index is 13.0. The molecule has 0 aliphatic carbocycles. The highest BCUT2D eigenvalue weighted by atomic mass is 19.1. The number of rotatable bonds is 8. The molecule has 0 radical (unpaired) electrons. The normalized spacial score (nSPS) is 23.5. The number of aromatic nitrogens is 3. The van der Waals surface area contributed by atoms with E-state index in [1.807, 2.05) is 34.9 Å². The third kappa shape index (κ3) is 5.00. The number of carbonyl (C=O) groups is 1. The van der Waals surface area contributed by atoms with Crippen molar-refractivity contribution in [2.24, 2.45) is 0 Å². The van der Waals surface area contributed by atoms with E-state index in [1.54, 1.807) is 13.3 Å². The number of amides is 1. The summed E-state index contributed by atoms with van der Waals surface area (Å²) >= 11 is 0. The first-order valence-corrected chi connectivity index (χ1v) is 11.9. The van der Waals surface area contributed by atoms with Crippen molar-refractivity contribution in [3.05, 3.63) is 35.7 Å². The largest absolute Gasteiger partial charge is 0.365 e. The first kappa shape index (κ1) is 23.6. The van der Waals surface area contributed by atoms with Crippen molar-refractivity contribution in [2.45, 2.75) is 50.8 Å². The molecule has 2 aromatic rings. The molecule has 3 aliphatic rings. The van der Waals surface area contributed by atoms with Gasteiger partial charge in [-0.2, -0.15) is 4.98 Å². The van der Waals surface area contributed by atoms with Crippen LogP contribution in [0.15, 0.2) is 24.4 Å². The van der Waals surface area contributed by atoms with Crippen LogP contribution in [0.5, 0.6) is 0 Å². The van der Waals surface area contributed by atoms with Gasteiger partial charge in [-0.15, -0.1) is 0 Å². The van der Waals surface area contributed by atoms with Crippen molar-refractivity contribution in [1.29, 1.82) is 0 Å². The fourth-order valence-electron chi connectivity index (χ4n) is 4.50. The number of anilines is 3. The van der Waals surface area contributed by atoms with Gasteiger partial charge < -0.3 is 25.2 Å². The van der Waals surface area contributed by atoms with Crippen LogP contribution in [0.3, 0.4) is 0 Å². The molecule has 4 N–H and O–H groups in total. The van der Waals surface area contributed by atoms with Crippen LogP contribution in [0.25, 0.3) is 0 Å². The van der Waals surface area contributed by atoms with Gasteiger partial charge in [-0.05, 0) is 31.9 Å². The average molecular weight is 486 g/mol. The molecule has 2 unspecified atom stereocenters. The van der Waals surface area contributed by atoms with Gasteiger partial charge in [-0.3, -0.25) is 10.2 Å². The molecule has 35 heavy (non-hydrogen) atoms. The van der Waals surface area contributed by atoms with E-state index in [4.69, 9.17) is 4.74 Å². The average Bonchev–Trinajstić information content (AvgIpc) is 3.19. The van der Waals surface area contributed by atoms with Crippen LogP contribution >= 0.6 is 0 Å². The second kappa shape index (κ2) is 9.51. The van der Waals surface area contributed by atoms with Crippen LogP contribution in [-0.4, -0.2) is 78.1 Å². The zero-order chi connectivity index (χ0) is 24.6. The Balaban J connectivity index is 1.16. The molecule has 0 aromatic carbocycles. The number of nitrogens with zero attached hydrogens (tertiary/aromatic N) is 5. The molecule has 188 valence electrons. The lowest BCUT2D eigenvalue weighted by Gasteiger charge is -2.47. The quantitative estimate of drug-likeness (QED) is 0.420. The second-order valence-electron chi connectivity index (χ2n) is 9.58. The molecule has 0 spiro atoms. The maximum absolute atomic E-state index is 13.0. The molecule has 5 rings (SSSR count). The third-order valence-corrected chi connectivity index (χ3v) is 6.66. The van der Waals surface area contributed by atoms with Gasteiger partial charge in [0.05, 0.1) is 32.3 Å². The summed E-state index contributed by atoms with van der Waals surface area (Å²) < 4.78 is 18.7. The Bertz CT molecular complexity index is 1060. The number of ether oxygens (including phenoxy) is 1. The zero-order valence-electron chi connectivity index (χ0n) is 20.2. The fraction of sp³-hybridized carbons (Fsp3) is 0.565. The molecular formula is C23H32FN9O2. The Morgan fingerprint density at radius 2 is 2.06 bits per heavy atom. The molecule has 11 nitrogen and oxygen atoms in total. The zero-order valence-corrected chi connectivity index (χ0v) is 20.2. The molecule has 5 heterocycles. The summed E-state index contributed by atoms with van der Waals surface area (Å²) in [6.45, 7) is 5.84. The van der Waals surface area contributed by atoms with E-state index in [2.05, 4.69) is 43.4 Å². The summed E-state index contributed by atoms with van der Waals surface area (Å²) in [5.74, 6) is 1.85. The van der Waals surface area contributed by atoms with Gasteiger partial charge in [0.2, 0.25) is 5.95 Å². The molecule has 2 atom stereocenters. The summed E-state index contributed by atoms with van der Waals surface area (Å²) in [5.41, 5.74) is 7.13. The van der Waals surface area contributed by atoms with Gasteiger partial charge in [0.1, 0.15) is 17.8 Å². The van der Waals surface area contributed by atoms with Crippen LogP contribution in [0, 0.1) is 6.92 Å². The molecule has 0 bridgehead atoms. The Morgan fingerprint density at radius 3 is 2.69 bits per heavy atom. The number of halogens is 1. The van der Waals surface area contributed by atoms with Crippen molar-refractivity contribution in [2.75, 3.05) is 48.4 Å². The molecule has 2 aromatic heterocycles. The van der Waals surface area contributed by atoms with Crippen LogP contribution in [-0.2, 0) is 16.1 Å². The topological polar surface area (TPSA) is 120 Å². The van der Waals surface area contributed by atoms with Crippen molar-refractivity contribution in [3.63, 3.8) is 0 Å². The third-order valence-electron chi connectivity index (χ3n) is 6.66. The predicted molar refractivity (Wildman–Crippen MR) is 130 cm³/mol. The lowest BCUT2D eigenvalue weighted by molar-refractivity contribution is -0.146. The number of hydrazine groups is 1. The molecule has 3 saturated heterocycles. The van der Waals surface area contributed by atoms with Crippen molar-refractivity contribution in [3.8, 4) is 0 Å². The summed E-state index contributed by atoms with van der Waals surface area (Å²) in [5, 5.41) is 6.33. The van der Waals surface area contributed by atoms with E-state index in [0.29, 0.717) is 44.7 Å². The number of nitrogens with one attached hydrogen (secondary N) is 4. The van der Waals surface area contributed by atoms with E-state index < -0.39 is 11.8 Å². The van der Waals surface area contributed by atoms with Gasteiger partial charge in [-0.25, -0.2) is 19.8 Å². The van der Waals surface area contributed by atoms with E-state index in [0.717, 1.165) is 29.3 Å².